The van der Waals surface area contributed by atoms with Gasteiger partial charge in [-0.2, -0.15) is 0 Å². The van der Waals surface area contributed by atoms with E-state index in [9.17, 15) is 15.0 Å². The summed E-state index contributed by atoms with van der Waals surface area (Å²) in [7, 11) is 3.10. The number of hydrogen-bond donors (Lipinski definition) is 2. The van der Waals surface area contributed by atoms with Crippen LogP contribution in [-0.4, -0.2) is 77.3 Å². The fraction of sp³-hybridized carbons (Fsp3) is 0.571. The molecule has 2 N–H and O–H groups in total. The van der Waals surface area contributed by atoms with Gasteiger partial charge in [-0.25, -0.2) is 4.98 Å². The number of piperazine rings is 1. The number of rotatable bonds is 8. The van der Waals surface area contributed by atoms with E-state index in [-0.39, 0.29) is 11.3 Å². The van der Waals surface area contributed by atoms with Gasteiger partial charge < -0.3 is 24.6 Å². The van der Waals surface area contributed by atoms with E-state index in [1.54, 1.807) is 37.3 Å². The molecule has 1 amide bonds. The molecule has 2 heterocycles. The number of benzene rings is 1. The van der Waals surface area contributed by atoms with E-state index < -0.39 is 11.8 Å². The van der Waals surface area contributed by atoms with Gasteiger partial charge >= 0.3 is 0 Å². The monoisotopic (exact) mass is 497 g/mol. The first-order valence-corrected chi connectivity index (χ1v) is 13.2. The van der Waals surface area contributed by atoms with E-state index in [2.05, 4.69) is 16.8 Å². The molecule has 0 bridgehead atoms. The summed E-state index contributed by atoms with van der Waals surface area (Å²) in [6, 6.07) is 5.96. The second-order valence-electron chi connectivity index (χ2n) is 9.74. The van der Waals surface area contributed by atoms with Gasteiger partial charge in [0, 0.05) is 32.2 Å². The van der Waals surface area contributed by atoms with Crippen LogP contribution in [0.1, 0.15) is 67.9 Å². The second-order valence-corrected chi connectivity index (χ2v) is 9.74. The summed E-state index contributed by atoms with van der Waals surface area (Å²) in [5.41, 5.74) is 1.24. The van der Waals surface area contributed by atoms with Crippen LogP contribution in [-0.2, 0) is 6.42 Å². The number of carbonyl (C=O) groups is 1. The summed E-state index contributed by atoms with van der Waals surface area (Å²) in [5.74, 6) is -0.131. The third kappa shape index (κ3) is 5.24. The normalized spacial score (nSPS) is 17.2. The predicted octanol–water partition coefficient (Wildman–Crippen LogP) is 4.61. The van der Waals surface area contributed by atoms with Crippen molar-refractivity contribution in [2.24, 2.45) is 0 Å². The number of hydrogen-bond acceptors (Lipinski definition) is 7. The van der Waals surface area contributed by atoms with Gasteiger partial charge in [-0.3, -0.25) is 9.69 Å². The maximum absolute atomic E-state index is 13.6. The minimum absolute atomic E-state index is 0.163. The number of aromatic nitrogens is 1. The van der Waals surface area contributed by atoms with Crippen molar-refractivity contribution in [3.63, 3.8) is 0 Å². The number of methoxy groups -OCH3 is 2. The second kappa shape index (κ2) is 11.8. The number of amides is 1. The van der Waals surface area contributed by atoms with Crippen LogP contribution in [0.25, 0.3) is 11.1 Å². The summed E-state index contributed by atoms with van der Waals surface area (Å²) in [6.07, 6.45) is 8.57. The Hall–Kier alpha value is -3.00. The third-order valence-electron chi connectivity index (χ3n) is 7.58. The molecule has 36 heavy (non-hydrogen) atoms. The molecule has 1 saturated heterocycles. The average molecular weight is 498 g/mol. The topological polar surface area (TPSA) is 95.4 Å². The van der Waals surface area contributed by atoms with Crippen molar-refractivity contribution < 1.29 is 24.5 Å². The highest BCUT2D eigenvalue weighted by Gasteiger charge is 2.33. The van der Waals surface area contributed by atoms with Crippen molar-refractivity contribution in [2.75, 3.05) is 40.4 Å². The minimum atomic E-state index is -0.434. The molecule has 1 aromatic carbocycles. The van der Waals surface area contributed by atoms with Crippen LogP contribution in [0.15, 0.2) is 18.2 Å². The molecule has 1 aliphatic heterocycles. The third-order valence-corrected chi connectivity index (χ3v) is 7.58. The molecule has 8 heteroatoms. The molecule has 0 atom stereocenters. The minimum Gasteiger partial charge on any atom is -0.506 e. The lowest BCUT2D eigenvalue weighted by Crippen LogP contribution is -2.52. The van der Waals surface area contributed by atoms with Gasteiger partial charge in [-0.05, 0) is 37.8 Å². The molecule has 2 fully saturated rings. The van der Waals surface area contributed by atoms with Gasteiger partial charge in [0.05, 0.1) is 31.0 Å². The summed E-state index contributed by atoms with van der Waals surface area (Å²) >= 11 is 0. The lowest BCUT2D eigenvalue weighted by molar-refractivity contribution is 0.0517. The zero-order valence-corrected chi connectivity index (χ0v) is 21.8. The molecule has 2 aromatic rings. The number of pyridine rings is 1. The Bertz CT molecular complexity index is 1040. The first-order chi connectivity index (χ1) is 17.5. The molecule has 1 aliphatic carbocycles. The van der Waals surface area contributed by atoms with Crippen molar-refractivity contribution in [1.29, 1.82) is 0 Å². The molecular formula is C28H39N3O5. The molecule has 2 aliphatic rings. The largest absolute Gasteiger partial charge is 0.506 e. The van der Waals surface area contributed by atoms with Gasteiger partial charge in [-0.1, -0.05) is 38.7 Å². The van der Waals surface area contributed by atoms with E-state index in [4.69, 9.17) is 9.47 Å². The first-order valence-electron chi connectivity index (χ1n) is 13.2. The van der Waals surface area contributed by atoms with Gasteiger partial charge in [0.25, 0.3) is 5.91 Å². The van der Waals surface area contributed by atoms with Crippen LogP contribution in [0, 0.1) is 0 Å². The van der Waals surface area contributed by atoms with Gasteiger partial charge in [0.15, 0.2) is 0 Å². The first kappa shape index (κ1) is 26.1. The number of carbonyl (C=O) groups excluding carboxylic acids is 1. The van der Waals surface area contributed by atoms with Crippen molar-refractivity contribution in [3.05, 3.63) is 29.5 Å². The Kier molecular flexibility index (Phi) is 8.56. The van der Waals surface area contributed by atoms with Gasteiger partial charge in [0.2, 0.25) is 5.88 Å². The van der Waals surface area contributed by atoms with E-state index >= 15 is 0 Å². The lowest BCUT2D eigenvalue weighted by Gasteiger charge is -2.40. The van der Waals surface area contributed by atoms with Gasteiger partial charge in [0.1, 0.15) is 22.8 Å². The fourth-order valence-corrected chi connectivity index (χ4v) is 5.58. The van der Waals surface area contributed by atoms with Crippen LogP contribution in [0.5, 0.6) is 23.1 Å². The number of aromatic hydroxyl groups is 2. The molecule has 8 nitrogen and oxygen atoms in total. The van der Waals surface area contributed by atoms with Crippen LogP contribution in [0.2, 0.25) is 0 Å². The number of unbranched alkanes of at least 4 members (excludes halogenated alkanes) is 1. The molecular weight excluding hydrogens is 458 g/mol. The molecule has 1 aromatic heterocycles. The van der Waals surface area contributed by atoms with Gasteiger partial charge in [-0.15, -0.1) is 0 Å². The van der Waals surface area contributed by atoms with E-state index in [0.717, 1.165) is 25.9 Å². The Morgan fingerprint density at radius 1 is 1.00 bits per heavy atom. The smallest absolute Gasteiger partial charge is 0.263 e. The van der Waals surface area contributed by atoms with E-state index in [1.807, 2.05) is 0 Å². The van der Waals surface area contributed by atoms with E-state index in [1.165, 1.54) is 32.1 Å². The Balaban J connectivity index is 1.69. The highest BCUT2D eigenvalue weighted by atomic mass is 16.5. The summed E-state index contributed by atoms with van der Waals surface area (Å²) in [6.45, 7) is 4.77. The fourth-order valence-electron chi connectivity index (χ4n) is 5.58. The highest BCUT2D eigenvalue weighted by molar-refractivity contribution is 6.02. The molecule has 0 radical (unpaired) electrons. The standard InChI is InChI=1S/C28H39N3O5/c1-4-5-12-20-23(24-21(35-2)13-9-14-22(24)36-3)26(32)25(27(33)29-20)28(34)31-17-15-30(16-18-31)19-10-7-6-8-11-19/h9,13-14,19H,4-8,10-12,15-18H2,1-3H3,(H2,29,32,33). The SMILES string of the molecule is CCCCc1nc(O)c(C(=O)N2CCN(C3CCCCC3)CC2)c(O)c1-c1c(OC)cccc1OC. The van der Waals surface area contributed by atoms with Crippen LogP contribution in [0.3, 0.4) is 0 Å². The number of ether oxygens (including phenoxy) is 2. The zero-order chi connectivity index (χ0) is 25.7. The number of aryl methyl sites for hydroxylation is 1. The van der Waals surface area contributed by atoms with Crippen LogP contribution in [0.4, 0.5) is 0 Å². The maximum atomic E-state index is 13.6. The Morgan fingerprint density at radius 3 is 2.22 bits per heavy atom. The molecule has 0 unspecified atom stereocenters. The summed E-state index contributed by atoms with van der Waals surface area (Å²) in [4.78, 5) is 22.3. The van der Waals surface area contributed by atoms with Crippen molar-refractivity contribution >= 4 is 5.91 Å². The Labute approximate surface area is 213 Å². The van der Waals surface area contributed by atoms with E-state index in [0.29, 0.717) is 53.9 Å². The average Bonchev–Trinajstić information content (AvgIpc) is 2.92. The molecule has 0 spiro atoms. The zero-order valence-electron chi connectivity index (χ0n) is 21.8. The lowest BCUT2D eigenvalue weighted by atomic mass is 9.93. The number of nitrogens with zero attached hydrogens (tertiary/aromatic N) is 3. The summed E-state index contributed by atoms with van der Waals surface area (Å²) < 4.78 is 11.2. The highest BCUT2D eigenvalue weighted by Crippen LogP contribution is 2.47. The van der Waals surface area contributed by atoms with Crippen molar-refractivity contribution in [1.82, 2.24) is 14.8 Å². The van der Waals surface area contributed by atoms with Crippen molar-refractivity contribution in [2.45, 2.75) is 64.3 Å². The summed E-state index contributed by atoms with van der Waals surface area (Å²) in [5, 5.41) is 22.4. The van der Waals surface area contributed by atoms with Crippen LogP contribution >= 0.6 is 0 Å². The van der Waals surface area contributed by atoms with Crippen molar-refractivity contribution in [3.8, 4) is 34.3 Å². The Morgan fingerprint density at radius 2 is 1.64 bits per heavy atom. The molecule has 4 rings (SSSR count). The van der Waals surface area contributed by atoms with Crippen LogP contribution < -0.4 is 9.47 Å². The maximum Gasteiger partial charge on any atom is 0.263 e. The molecule has 1 saturated carbocycles. The molecule has 196 valence electrons. The quantitative estimate of drug-likeness (QED) is 0.550. The predicted molar refractivity (Wildman–Crippen MR) is 139 cm³/mol.